The van der Waals surface area contributed by atoms with Gasteiger partial charge in [-0.15, -0.1) is 0 Å². The smallest absolute Gasteiger partial charge is 0.121 e. The molecule has 21 heavy (non-hydrogen) atoms. The van der Waals surface area contributed by atoms with E-state index in [1.165, 1.54) is 37.7 Å². The fourth-order valence-corrected chi connectivity index (χ4v) is 4.10. The normalized spacial score (nSPS) is 33.0. The highest BCUT2D eigenvalue weighted by atomic mass is 16.7. The Hall–Kier alpha value is -0.860. The zero-order valence-electron chi connectivity index (χ0n) is 13.4. The molecule has 0 N–H and O–H groups in total. The molecule has 0 unspecified atom stereocenters. The first-order valence-electron chi connectivity index (χ1n) is 8.52. The molecule has 1 aliphatic carbocycles. The molecule has 1 heterocycles. The number of epoxide rings is 1. The lowest BCUT2D eigenvalue weighted by atomic mass is 9.74. The molecular formula is C19H28O2. The van der Waals surface area contributed by atoms with Crippen molar-refractivity contribution in [2.75, 3.05) is 6.61 Å². The van der Waals surface area contributed by atoms with Crippen LogP contribution in [0.4, 0.5) is 0 Å². The Morgan fingerprint density at radius 3 is 2.52 bits per heavy atom. The topological polar surface area (TPSA) is 21.8 Å². The molecule has 116 valence electrons. The van der Waals surface area contributed by atoms with Crippen LogP contribution in [0.2, 0.25) is 0 Å². The van der Waals surface area contributed by atoms with Crippen LogP contribution in [0.5, 0.6) is 0 Å². The highest BCUT2D eigenvalue weighted by Crippen LogP contribution is 2.58. The van der Waals surface area contributed by atoms with Crippen molar-refractivity contribution in [2.45, 2.75) is 70.2 Å². The molecule has 2 nitrogen and oxygen atoms in total. The zero-order valence-corrected chi connectivity index (χ0v) is 13.4. The second kappa shape index (κ2) is 6.10. The molecule has 1 aromatic carbocycles. The minimum absolute atomic E-state index is 0.0379. The Morgan fingerprint density at radius 1 is 1.14 bits per heavy atom. The lowest BCUT2D eigenvalue weighted by Gasteiger charge is -2.28. The maximum absolute atomic E-state index is 6.29. The summed E-state index contributed by atoms with van der Waals surface area (Å²) in [4.78, 5) is 0. The van der Waals surface area contributed by atoms with E-state index in [0.29, 0.717) is 6.61 Å². The van der Waals surface area contributed by atoms with Crippen molar-refractivity contribution in [3.05, 3.63) is 35.9 Å². The van der Waals surface area contributed by atoms with Crippen LogP contribution in [0, 0.1) is 5.92 Å². The van der Waals surface area contributed by atoms with Gasteiger partial charge >= 0.3 is 0 Å². The summed E-state index contributed by atoms with van der Waals surface area (Å²) in [6.45, 7) is 5.97. The van der Waals surface area contributed by atoms with Gasteiger partial charge in [-0.3, -0.25) is 0 Å². The van der Waals surface area contributed by atoms with Crippen molar-refractivity contribution in [3.8, 4) is 0 Å². The largest absolute Gasteiger partial charge is 0.374 e. The Bertz CT molecular complexity index is 452. The molecule has 0 radical (unpaired) electrons. The number of hydrogen-bond acceptors (Lipinski definition) is 2. The minimum atomic E-state index is -0.0379. The lowest BCUT2D eigenvalue weighted by Crippen LogP contribution is -2.35. The van der Waals surface area contributed by atoms with Crippen LogP contribution in [-0.2, 0) is 16.1 Å². The van der Waals surface area contributed by atoms with Crippen molar-refractivity contribution >= 4 is 0 Å². The van der Waals surface area contributed by atoms with Gasteiger partial charge in [-0.1, -0.05) is 56.5 Å². The highest BCUT2D eigenvalue weighted by Gasteiger charge is 2.68. The van der Waals surface area contributed by atoms with E-state index in [2.05, 4.69) is 38.1 Å². The fourth-order valence-electron chi connectivity index (χ4n) is 4.10. The summed E-state index contributed by atoms with van der Waals surface area (Å²) in [7, 11) is 0. The summed E-state index contributed by atoms with van der Waals surface area (Å²) in [5.41, 5.74) is 1.26. The van der Waals surface area contributed by atoms with E-state index in [4.69, 9.17) is 9.47 Å². The van der Waals surface area contributed by atoms with Crippen LogP contribution >= 0.6 is 0 Å². The maximum atomic E-state index is 6.29. The van der Waals surface area contributed by atoms with E-state index < -0.39 is 0 Å². The number of benzene rings is 1. The second-order valence-corrected chi connectivity index (χ2v) is 6.87. The first kappa shape index (κ1) is 15.1. The van der Waals surface area contributed by atoms with Gasteiger partial charge in [0.15, 0.2) is 0 Å². The van der Waals surface area contributed by atoms with E-state index in [1.54, 1.807) is 0 Å². The van der Waals surface area contributed by atoms with Crippen LogP contribution in [0.15, 0.2) is 30.3 Å². The maximum Gasteiger partial charge on any atom is 0.121 e. The van der Waals surface area contributed by atoms with E-state index in [1.807, 2.05) is 6.07 Å². The summed E-state index contributed by atoms with van der Waals surface area (Å²) < 4.78 is 12.3. The van der Waals surface area contributed by atoms with Crippen molar-refractivity contribution < 1.29 is 9.47 Å². The first-order chi connectivity index (χ1) is 10.2. The Morgan fingerprint density at radius 2 is 1.86 bits per heavy atom. The van der Waals surface area contributed by atoms with Crippen LogP contribution in [-0.4, -0.2) is 17.8 Å². The van der Waals surface area contributed by atoms with Gasteiger partial charge in [-0.05, 0) is 37.7 Å². The highest BCUT2D eigenvalue weighted by molar-refractivity contribution is 5.17. The predicted molar refractivity (Wildman–Crippen MR) is 85.2 cm³/mol. The summed E-state index contributed by atoms with van der Waals surface area (Å²) in [6.07, 6.45) is 7.85. The summed E-state index contributed by atoms with van der Waals surface area (Å²) in [5, 5.41) is 0. The molecule has 2 heteroatoms. The zero-order chi connectivity index (χ0) is 14.8. The second-order valence-electron chi connectivity index (χ2n) is 6.87. The monoisotopic (exact) mass is 288 g/mol. The van der Waals surface area contributed by atoms with Crippen LogP contribution in [0.3, 0.4) is 0 Å². The van der Waals surface area contributed by atoms with Crippen molar-refractivity contribution in [1.29, 1.82) is 0 Å². The predicted octanol–water partition coefficient (Wildman–Crippen LogP) is 4.72. The molecule has 1 aromatic rings. The SMILES string of the molecule is CC[C@@]1(COCc2ccccc2)O[C@@]1(C)C1CCCCC1. The van der Waals surface area contributed by atoms with Crippen LogP contribution < -0.4 is 0 Å². The van der Waals surface area contributed by atoms with Gasteiger partial charge in [0.05, 0.1) is 13.2 Å². The molecule has 2 atom stereocenters. The molecule has 0 aromatic heterocycles. The Labute approximate surface area is 128 Å². The van der Waals surface area contributed by atoms with E-state index in [9.17, 15) is 0 Å². The fraction of sp³-hybridized carbons (Fsp3) is 0.684. The quantitative estimate of drug-likeness (QED) is 0.706. The van der Waals surface area contributed by atoms with Crippen molar-refractivity contribution in [1.82, 2.24) is 0 Å². The van der Waals surface area contributed by atoms with Crippen molar-refractivity contribution in [2.24, 2.45) is 5.92 Å². The molecule has 0 spiro atoms. The van der Waals surface area contributed by atoms with Gasteiger partial charge < -0.3 is 9.47 Å². The van der Waals surface area contributed by atoms with E-state index in [0.717, 1.165) is 18.9 Å². The average Bonchev–Trinajstić information content (AvgIpc) is 3.16. The van der Waals surface area contributed by atoms with Crippen LogP contribution in [0.1, 0.15) is 57.9 Å². The molecule has 0 bridgehead atoms. The minimum Gasteiger partial charge on any atom is -0.374 e. The Balaban J connectivity index is 1.56. The Kier molecular flexibility index (Phi) is 4.37. The third-order valence-electron chi connectivity index (χ3n) is 5.67. The number of rotatable bonds is 6. The van der Waals surface area contributed by atoms with E-state index >= 15 is 0 Å². The summed E-state index contributed by atoms with van der Waals surface area (Å²) in [6, 6.07) is 10.4. The summed E-state index contributed by atoms with van der Waals surface area (Å²) >= 11 is 0. The summed E-state index contributed by atoms with van der Waals surface area (Å²) in [5.74, 6) is 0.728. The molecule has 1 saturated heterocycles. The molecule has 2 fully saturated rings. The molecule has 0 amide bonds. The molecule has 1 saturated carbocycles. The van der Waals surface area contributed by atoms with Gasteiger partial charge in [-0.2, -0.15) is 0 Å². The van der Waals surface area contributed by atoms with Crippen LogP contribution in [0.25, 0.3) is 0 Å². The lowest BCUT2D eigenvalue weighted by molar-refractivity contribution is 0.0661. The average molecular weight is 288 g/mol. The third kappa shape index (κ3) is 2.89. The molecule has 2 aliphatic rings. The molecule has 3 rings (SSSR count). The van der Waals surface area contributed by atoms with Gasteiger partial charge in [-0.25, -0.2) is 0 Å². The molecule has 1 aliphatic heterocycles. The molecular weight excluding hydrogens is 260 g/mol. The van der Waals surface area contributed by atoms with Gasteiger partial charge in [0.1, 0.15) is 11.2 Å². The third-order valence-corrected chi connectivity index (χ3v) is 5.67. The number of hydrogen-bond donors (Lipinski definition) is 0. The number of ether oxygens (including phenoxy) is 2. The standard InChI is InChI=1S/C19H28O2/c1-3-19(15-20-14-16-10-6-4-7-11-16)18(2,21-19)17-12-8-5-9-13-17/h4,6-7,10-11,17H,3,5,8-9,12-15H2,1-2H3/t18-,19-/m0/s1. The van der Waals surface area contributed by atoms with Gasteiger partial charge in [0.25, 0.3) is 0 Å². The van der Waals surface area contributed by atoms with E-state index in [-0.39, 0.29) is 11.2 Å². The van der Waals surface area contributed by atoms with Gasteiger partial charge in [0, 0.05) is 0 Å². The van der Waals surface area contributed by atoms with Crippen molar-refractivity contribution in [3.63, 3.8) is 0 Å². The van der Waals surface area contributed by atoms with Gasteiger partial charge in [0.2, 0.25) is 0 Å². The first-order valence-corrected chi connectivity index (χ1v) is 8.52.